The number of rotatable bonds is 1. The van der Waals surface area contributed by atoms with Crippen molar-refractivity contribution in [1.82, 2.24) is 4.98 Å². The maximum atomic E-state index is 6.15. The van der Waals surface area contributed by atoms with Crippen LogP contribution in [0.2, 0.25) is 5.02 Å². The molecule has 0 fully saturated rings. The highest BCUT2D eigenvalue weighted by Gasteiger charge is 2.28. The van der Waals surface area contributed by atoms with E-state index >= 15 is 0 Å². The summed E-state index contributed by atoms with van der Waals surface area (Å²) in [5, 5.41) is 2.69. The summed E-state index contributed by atoms with van der Waals surface area (Å²) < 4.78 is 5.91. The number of halogens is 1. The topological polar surface area (TPSA) is 48.1 Å². The van der Waals surface area contributed by atoms with Gasteiger partial charge in [0.05, 0.1) is 11.2 Å². The van der Waals surface area contributed by atoms with Gasteiger partial charge in [0.1, 0.15) is 11.9 Å². The molecule has 2 heterocycles. The molecule has 1 aliphatic rings. The first kappa shape index (κ1) is 11.0. The number of hydrogen-bond donors (Lipinski definition) is 1. The number of benzene rings is 1. The standard InChI is InChI=1S/C12H11ClN2OS/c13-7-1-2-11-8(3-7)9(14)4-12(16-11)10-5-17-6-15-10/h1-3,5-6,9,12H,4,14H2/t9-,12?/m0/s1. The Morgan fingerprint density at radius 1 is 1.47 bits per heavy atom. The zero-order chi connectivity index (χ0) is 11.8. The van der Waals surface area contributed by atoms with Gasteiger partial charge in [0.2, 0.25) is 0 Å². The molecule has 0 aliphatic carbocycles. The lowest BCUT2D eigenvalue weighted by molar-refractivity contribution is 0.158. The summed E-state index contributed by atoms with van der Waals surface area (Å²) in [5.74, 6) is 0.811. The molecular weight excluding hydrogens is 256 g/mol. The third-order valence-electron chi connectivity index (χ3n) is 2.89. The predicted octanol–water partition coefficient (Wildman–Crippen LogP) is 3.32. The molecule has 0 amide bonds. The number of aromatic nitrogens is 1. The van der Waals surface area contributed by atoms with Crippen LogP contribution in [-0.2, 0) is 0 Å². The van der Waals surface area contributed by atoms with Crippen molar-refractivity contribution in [3.63, 3.8) is 0 Å². The van der Waals surface area contributed by atoms with Crippen LogP contribution in [0, 0.1) is 0 Å². The van der Waals surface area contributed by atoms with Gasteiger partial charge in [-0.1, -0.05) is 11.6 Å². The van der Waals surface area contributed by atoms with Crippen molar-refractivity contribution < 1.29 is 4.74 Å². The van der Waals surface area contributed by atoms with Crippen molar-refractivity contribution in [2.75, 3.05) is 0 Å². The average molecular weight is 267 g/mol. The molecule has 2 N–H and O–H groups in total. The fraction of sp³-hybridized carbons (Fsp3) is 0.250. The molecule has 1 aliphatic heterocycles. The first-order valence-electron chi connectivity index (χ1n) is 5.34. The molecule has 0 radical (unpaired) electrons. The average Bonchev–Trinajstić information content (AvgIpc) is 2.83. The molecule has 0 saturated carbocycles. The second-order valence-electron chi connectivity index (χ2n) is 4.04. The Morgan fingerprint density at radius 3 is 3.12 bits per heavy atom. The maximum absolute atomic E-state index is 6.15. The fourth-order valence-electron chi connectivity index (χ4n) is 2.04. The molecule has 3 rings (SSSR count). The van der Waals surface area contributed by atoms with E-state index in [9.17, 15) is 0 Å². The molecule has 5 heteroatoms. The highest BCUT2D eigenvalue weighted by atomic mass is 35.5. The summed E-state index contributed by atoms with van der Waals surface area (Å²) in [6.07, 6.45) is 0.682. The number of thiazole rings is 1. The highest BCUT2D eigenvalue weighted by Crippen LogP contribution is 2.40. The van der Waals surface area contributed by atoms with Gasteiger partial charge in [0, 0.05) is 28.4 Å². The third-order valence-corrected chi connectivity index (χ3v) is 3.73. The van der Waals surface area contributed by atoms with Crippen LogP contribution < -0.4 is 10.5 Å². The first-order valence-corrected chi connectivity index (χ1v) is 6.66. The van der Waals surface area contributed by atoms with Crippen LogP contribution in [-0.4, -0.2) is 4.98 Å². The van der Waals surface area contributed by atoms with E-state index in [0.29, 0.717) is 5.02 Å². The minimum atomic E-state index is -0.0517. The van der Waals surface area contributed by atoms with Gasteiger partial charge in [0.15, 0.2) is 0 Å². The third kappa shape index (κ3) is 2.04. The smallest absolute Gasteiger partial charge is 0.143 e. The minimum Gasteiger partial charge on any atom is -0.484 e. The van der Waals surface area contributed by atoms with Crippen LogP contribution in [0.15, 0.2) is 29.1 Å². The SMILES string of the molecule is N[C@H]1CC(c2cscn2)Oc2ccc(Cl)cc21. The van der Waals surface area contributed by atoms with Crippen LogP contribution >= 0.6 is 22.9 Å². The quantitative estimate of drug-likeness (QED) is 0.861. The van der Waals surface area contributed by atoms with Crippen molar-refractivity contribution in [3.05, 3.63) is 45.4 Å². The Kier molecular flexibility index (Phi) is 2.78. The maximum Gasteiger partial charge on any atom is 0.143 e. The summed E-state index contributed by atoms with van der Waals surface area (Å²) in [6.45, 7) is 0. The zero-order valence-electron chi connectivity index (χ0n) is 8.97. The van der Waals surface area contributed by atoms with Crippen molar-refractivity contribution in [2.45, 2.75) is 18.6 Å². The molecule has 2 atom stereocenters. The number of fused-ring (bicyclic) bond motifs is 1. The van der Waals surface area contributed by atoms with Crippen molar-refractivity contribution in [3.8, 4) is 5.75 Å². The zero-order valence-corrected chi connectivity index (χ0v) is 10.5. The molecule has 3 nitrogen and oxygen atoms in total. The first-order chi connectivity index (χ1) is 8.24. The molecule has 1 unspecified atom stereocenters. The fourth-order valence-corrected chi connectivity index (χ4v) is 2.81. The molecule has 17 heavy (non-hydrogen) atoms. The van der Waals surface area contributed by atoms with Crippen molar-refractivity contribution >= 4 is 22.9 Å². The number of hydrogen-bond acceptors (Lipinski definition) is 4. The monoisotopic (exact) mass is 266 g/mol. The Morgan fingerprint density at radius 2 is 2.35 bits per heavy atom. The van der Waals surface area contributed by atoms with Crippen molar-refractivity contribution in [1.29, 1.82) is 0 Å². The lowest BCUT2D eigenvalue weighted by atomic mass is 9.96. The number of ether oxygens (including phenoxy) is 1. The van der Waals surface area contributed by atoms with Crippen LogP contribution in [0.25, 0.3) is 0 Å². The van der Waals surface area contributed by atoms with Gasteiger partial charge in [-0.05, 0) is 18.2 Å². The molecule has 0 bridgehead atoms. The second-order valence-corrected chi connectivity index (χ2v) is 5.20. The summed E-state index contributed by atoms with van der Waals surface area (Å²) in [7, 11) is 0. The summed E-state index contributed by atoms with van der Waals surface area (Å²) >= 11 is 7.52. The molecule has 88 valence electrons. The summed E-state index contributed by atoms with van der Waals surface area (Å²) in [6, 6.07) is 5.51. The number of nitrogens with two attached hydrogens (primary N) is 1. The largest absolute Gasteiger partial charge is 0.484 e. The van der Waals surface area contributed by atoms with E-state index in [1.54, 1.807) is 11.3 Å². The minimum absolute atomic E-state index is 0.0510. The van der Waals surface area contributed by atoms with Gasteiger partial charge in [0.25, 0.3) is 0 Å². The van der Waals surface area contributed by atoms with Crippen molar-refractivity contribution in [2.24, 2.45) is 5.73 Å². The molecular formula is C12H11ClN2OS. The van der Waals surface area contributed by atoms with E-state index in [1.807, 2.05) is 29.1 Å². The summed E-state index contributed by atoms with van der Waals surface area (Å²) in [4.78, 5) is 4.28. The van der Waals surface area contributed by atoms with E-state index < -0.39 is 0 Å². The van der Waals surface area contributed by atoms with Crippen LogP contribution in [0.1, 0.15) is 29.8 Å². The lowest BCUT2D eigenvalue weighted by Gasteiger charge is -2.29. The van der Waals surface area contributed by atoms with Gasteiger partial charge >= 0.3 is 0 Å². The predicted molar refractivity (Wildman–Crippen MR) is 68.5 cm³/mol. The van der Waals surface area contributed by atoms with Crippen LogP contribution in [0.3, 0.4) is 0 Å². The van der Waals surface area contributed by atoms with Gasteiger partial charge in [-0.2, -0.15) is 0 Å². The van der Waals surface area contributed by atoms with E-state index in [4.69, 9.17) is 22.1 Å². The lowest BCUT2D eigenvalue weighted by Crippen LogP contribution is -2.24. The van der Waals surface area contributed by atoms with E-state index in [2.05, 4.69) is 4.98 Å². The second kappa shape index (κ2) is 4.29. The van der Waals surface area contributed by atoms with Gasteiger partial charge in [-0.15, -0.1) is 11.3 Å². The number of nitrogens with zero attached hydrogens (tertiary/aromatic N) is 1. The van der Waals surface area contributed by atoms with E-state index in [1.165, 1.54) is 0 Å². The van der Waals surface area contributed by atoms with Crippen LogP contribution in [0.4, 0.5) is 0 Å². The molecule has 1 aromatic carbocycles. The summed E-state index contributed by atoms with van der Waals surface area (Å²) in [5.41, 5.74) is 9.88. The van der Waals surface area contributed by atoms with Gasteiger partial charge in [-0.3, -0.25) is 0 Å². The molecule has 2 aromatic rings. The molecule has 0 spiro atoms. The normalized spacial score (nSPS) is 22.9. The van der Waals surface area contributed by atoms with Crippen LogP contribution in [0.5, 0.6) is 5.75 Å². The Balaban J connectivity index is 1.96. The van der Waals surface area contributed by atoms with Gasteiger partial charge < -0.3 is 10.5 Å². The Labute approximate surface area is 108 Å². The Hall–Kier alpha value is -1.10. The van der Waals surface area contributed by atoms with E-state index in [0.717, 1.165) is 23.4 Å². The Bertz CT molecular complexity index is 529. The molecule has 1 aromatic heterocycles. The highest BCUT2D eigenvalue weighted by molar-refractivity contribution is 7.07. The van der Waals surface area contributed by atoms with E-state index in [-0.39, 0.29) is 12.1 Å². The van der Waals surface area contributed by atoms with Gasteiger partial charge in [-0.25, -0.2) is 4.98 Å². The molecule has 0 saturated heterocycles.